The molecule has 180 valence electrons. The fourth-order valence-electron chi connectivity index (χ4n) is 4.69. The van der Waals surface area contributed by atoms with E-state index in [9.17, 15) is 14.0 Å². The summed E-state index contributed by atoms with van der Waals surface area (Å²) in [6.45, 7) is 8.04. The third kappa shape index (κ3) is 4.34. The molecule has 8 heteroatoms. The Morgan fingerprint density at radius 1 is 1.11 bits per heavy atom. The smallest absolute Gasteiger partial charge is 0.264 e. The van der Waals surface area contributed by atoms with Crippen molar-refractivity contribution in [2.24, 2.45) is 0 Å². The minimum atomic E-state index is -0.365. The van der Waals surface area contributed by atoms with Crippen LogP contribution in [0.2, 0.25) is 0 Å². The fraction of sp³-hybridized carbons (Fsp3) is 0.296. The maximum Gasteiger partial charge on any atom is 0.264 e. The molecule has 1 saturated heterocycles. The Bertz CT molecular complexity index is 1460. The summed E-state index contributed by atoms with van der Waals surface area (Å²) in [6, 6.07) is 15.0. The quantitative estimate of drug-likeness (QED) is 0.419. The Morgan fingerprint density at radius 3 is 2.57 bits per heavy atom. The van der Waals surface area contributed by atoms with E-state index in [-0.39, 0.29) is 29.9 Å². The number of aromatic nitrogens is 2. The highest BCUT2D eigenvalue weighted by atomic mass is 32.1. The number of anilines is 1. The molecule has 5 rings (SSSR count). The molecule has 0 spiro atoms. The second kappa shape index (κ2) is 9.26. The highest BCUT2D eigenvalue weighted by Gasteiger charge is 2.30. The molecule has 1 aliphatic rings. The van der Waals surface area contributed by atoms with E-state index in [1.807, 2.05) is 4.90 Å². The number of aryl methyl sites for hydroxylation is 2. The molecule has 3 heterocycles. The molecule has 2 aromatic heterocycles. The van der Waals surface area contributed by atoms with Gasteiger partial charge in [-0.2, -0.15) is 0 Å². The molecule has 0 aliphatic carbocycles. The lowest BCUT2D eigenvalue weighted by molar-refractivity contribution is 0.0730. The maximum atomic E-state index is 14.1. The van der Waals surface area contributed by atoms with Crippen LogP contribution in [0, 0.1) is 19.7 Å². The van der Waals surface area contributed by atoms with Gasteiger partial charge in [-0.1, -0.05) is 35.9 Å². The molecule has 1 amide bonds. The summed E-state index contributed by atoms with van der Waals surface area (Å²) in [5.41, 5.74) is 3.18. The molecular weight excluding hydrogens is 463 g/mol. The molecule has 6 nitrogen and oxygen atoms in total. The van der Waals surface area contributed by atoms with Gasteiger partial charge in [0.25, 0.3) is 11.5 Å². The number of carbonyl (C=O) groups is 1. The number of thiophene rings is 1. The summed E-state index contributed by atoms with van der Waals surface area (Å²) in [7, 11) is 0. The molecule has 1 aliphatic heterocycles. The average Bonchev–Trinajstić information content (AvgIpc) is 3.19. The number of piperazine rings is 1. The van der Waals surface area contributed by atoms with Crippen molar-refractivity contribution < 1.29 is 9.18 Å². The van der Waals surface area contributed by atoms with Crippen LogP contribution in [-0.2, 0) is 6.54 Å². The molecule has 35 heavy (non-hydrogen) atoms. The molecule has 1 unspecified atom stereocenters. The van der Waals surface area contributed by atoms with Crippen molar-refractivity contribution in [1.82, 2.24) is 14.5 Å². The minimum absolute atomic E-state index is 0.0686. The van der Waals surface area contributed by atoms with Crippen molar-refractivity contribution >= 4 is 33.1 Å². The van der Waals surface area contributed by atoms with Crippen LogP contribution in [0.5, 0.6) is 0 Å². The number of hydrogen-bond acceptors (Lipinski definition) is 5. The van der Waals surface area contributed by atoms with Crippen LogP contribution in [0.1, 0.15) is 33.3 Å². The summed E-state index contributed by atoms with van der Waals surface area (Å²) in [5, 5.41) is 0.434. The first-order valence-corrected chi connectivity index (χ1v) is 12.5. The maximum absolute atomic E-state index is 14.1. The Morgan fingerprint density at radius 2 is 1.86 bits per heavy atom. The SMILES string of the molecule is Cc1ccc(N2CCN(C(=O)c3sc4ncn(Cc5ccccc5F)c(=O)c4c3C)CC2C)cc1. The van der Waals surface area contributed by atoms with E-state index in [0.717, 1.165) is 12.2 Å². The van der Waals surface area contributed by atoms with E-state index in [1.54, 1.807) is 25.1 Å². The van der Waals surface area contributed by atoms with E-state index in [1.165, 1.54) is 33.9 Å². The lowest BCUT2D eigenvalue weighted by Crippen LogP contribution is -2.53. The first kappa shape index (κ1) is 23.2. The molecule has 4 aromatic rings. The zero-order valence-corrected chi connectivity index (χ0v) is 20.8. The van der Waals surface area contributed by atoms with E-state index < -0.39 is 0 Å². The number of carbonyl (C=O) groups excluding carboxylic acids is 1. The second-order valence-electron chi connectivity index (χ2n) is 9.13. The van der Waals surface area contributed by atoms with Gasteiger partial charge in [-0.05, 0) is 44.5 Å². The Labute approximate surface area is 207 Å². The van der Waals surface area contributed by atoms with Gasteiger partial charge in [-0.3, -0.25) is 14.2 Å². The number of benzene rings is 2. The zero-order valence-electron chi connectivity index (χ0n) is 20.0. The van der Waals surface area contributed by atoms with E-state index >= 15 is 0 Å². The highest BCUT2D eigenvalue weighted by molar-refractivity contribution is 7.20. The van der Waals surface area contributed by atoms with Crippen molar-refractivity contribution in [3.8, 4) is 0 Å². The van der Waals surface area contributed by atoms with Crippen LogP contribution in [-0.4, -0.2) is 46.0 Å². The summed E-state index contributed by atoms with van der Waals surface area (Å²) < 4.78 is 15.5. The van der Waals surface area contributed by atoms with Crippen molar-refractivity contribution in [3.05, 3.63) is 92.6 Å². The predicted octanol–water partition coefficient (Wildman–Crippen LogP) is 4.61. The van der Waals surface area contributed by atoms with Crippen molar-refractivity contribution in [2.45, 2.75) is 33.4 Å². The number of amides is 1. The first-order chi connectivity index (χ1) is 16.8. The minimum Gasteiger partial charge on any atom is -0.365 e. The number of rotatable bonds is 4. The average molecular weight is 491 g/mol. The molecule has 0 bridgehead atoms. The number of halogens is 1. The predicted molar refractivity (Wildman–Crippen MR) is 138 cm³/mol. The topological polar surface area (TPSA) is 58.4 Å². The van der Waals surface area contributed by atoms with Gasteiger partial charge in [0.1, 0.15) is 10.6 Å². The Kier molecular flexibility index (Phi) is 6.15. The molecular formula is C27H27FN4O2S. The van der Waals surface area contributed by atoms with Gasteiger partial charge in [-0.25, -0.2) is 9.37 Å². The third-order valence-corrected chi connectivity index (χ3v) is 7.88. The van der Waals surface area contributed by atoms with E-state index in [0.29, 0.717) is 39.3 Å². The lowest BCUT2D eigenvalue weighted by atomic mass is 10.1. The summed E-state index contributed by atoms with van der Waals surface area (Å²) >= 11 is 1.25. The Hall–Kier alpha value is -3.52. The highest BCUT2D eigenvalue weighted by Crippen LogP contribution is 2.29. The number of fused-ring (bicyclic) bond motifs is 1. The van der Waals surface area contributed by atoms with Gasteiger partial charge < -0.3 is 9.80 Å². The van der Waals surface area contributed by atoms with Gasteiger partial charge in [0.05, 0.1) is 23.1 Å². The third-order valence-electron chi connectivity index (χ3n) is 6.69. The molecule has 1 atom stereocenters. The van der Waals surface area contributed by atoms with Crippen LogP contribution in [0.25, 0.3) is 10.2 Å². The molecule has 0 N–H and O–H groups in total. The normalized spacial score (nSPS) is 16.2. The van der Waals surface area contributed by atoms with Crippen LogP contribution < -0.4 is 10.5 Å². The largest absolute Gasteiger partial charge is 0.365 e. The second-order valence-corrected chi connectivity index (χ2v) is 10.1. The summed E-state index contributed by atoms with van der Waals surface area (Å²) in [5.74, 6) is -0.433. The van der Waals surface area contributed by atoms with Crippen molar-refractivity contribution in [2.75, 3.05) is 24.5 Å². The molecule has 1 fully saturated rings. The fourth-order valence-corrected chi connectivity index (χ4v) is 5.80. The van der Waals surface area contributed by atoms with Crippen LogP contribution >= 0.6 is 11.3 Å². The molecule has 2 aromatic carbocycles. The monoisotopic (exact) mass is 490 g/mol. The van der Waals surface area contributed by atoms with Crippen LogP contribution in [0.4, 0.5) is 10.1 Å². The zero-order chi connectivity index (χ0) is 24.7. The Balaban J connectivity index is 1.39. The van der Waals surface area contributed by atoms with Crippen LogP contribution in [0.3, 0.4) is 0 Å². The van der Waals surface area contributed by atoms with Gasteiger partial charge in [-0.15, -0.1) is 11.3 Å². The van der Waals surface area contributed by atoms with E-state index in [2.05, 4.69) is 48.0 Å². The van der Waals surface area contributed by atoms with Crippen molar-refractivity contribution in [1.29, 1.82) is 0 Å². The van der Waals surface area contributed by atoms with Gasteiger partial charge in [0.15, 0.2) is 0 Å². The van der Waals surface area contributed by atoms with Gasteiger partial charge >= 0.3 is 0 Å². The summed E-state index contributed by atoms with van der Waals surface area (Å²) in [6.07, 6.45) is 1.43. The standard InChI is InChI=1S/C27H27FN4O2S/c1-17-8-10-21(11-9-17)32-13-12-30(14-18(32)2)27(34)24-19(3)23-25(35-24)29-16-31(26(23)33)15-20-6-4-5-7-22(20)28/h4-11,16,18H,12-15H2,1-3H3. The number of nitrogens with zero attached hydrogens (tertiary/aromatic N) is 4. The van der Waals surface area contributed by atoms with Crippen LogP contribution in [0.15, 0.2) is 59.7 Å². The van der Waals surface area contributed by atoms with Gasteiger partial charge in [0, 0.05) is 36.9 Å². The first-order valence-electron chi connectivity index (χ1n) is 11.7. The van der Waals surface area contributed by atoms with Gasteiger partial charge in [0.2, 0.25) is 0 Å². The van der Waals surface area contributed by atoms with Crippen molar-refractivity contribution in [3.63, 3.8) is 0 Å². The number of hydrogen-bond donors (Lipinski definition) is 0. The molecule has 0 radical (unpaired) electrons. The van der Waals surface area contributed by atoms with E-state index in [4.69, 9.17) is 0 Å². The lowest BCUT2D eigenvalue weighted by Gasteiger charge is -2.41. The molecule has 0 saturated carbocycles. The summed E-state index contributed by atoms with van der Waals surface area (Å²) in [4.78, 5) is 36.4.